The lowest BCUT2D eigenvalue weighted by Crippen LogP contribution is -2.18. The van der Waals surface area contributed by atoms with Gasteiger partial charge in [0.2, 0.25) is 0 Å². The molecule has 24 heavy (non-hydrogen) atoms. The molecule has 0 aliphatic rings. The number of amides is 2. The van der Waals surface area contributed by atoms with Gasteiger partial charge in [0.1, 0.15) is 0 Å². The number of urea groups is 1. The predicted octanol–water partition coefficient (Wildman–Crippen LogP) is 4.43. The third-order valence-electron chi connectivity index (χ3n) is 3.36. The predicted molar refractivity (Wildman–Crippen MR) is 99.4 cm³/mol. The summed E-state index contributed by atoms with van der Waals surface area (Å²) in [6.45, 7) is 2.37. The van der Waals surface area contributed by atoms with Crippen LogP contribution in [0.5, 0.6) is 0 Å². The minimum Gasteiger partial charge on any atom is -0.306 e. The Balaban J connectivity index is 2.01. The van der Waals surface area contributed by atoms with Gasteiger partial charge in [-0.1, -0.05) is 41.0 Å². The van der Waals surface area contributed by atoms with E-state index in [-0.39, 0.29) is 0 Å². The standard InChI is InChI=1S/C18H14ClN3OS/c1-3-9-22-15-8-7-12(2)10-16(15)24-18(22)21-17(23)20-14-6-4-5-13(19)11-14/h1,4-8,10-11H,9H2,2H3,(H,20,23)/b21-18-. The molecule has 0 saturated carbocycles. The summed E-state index contributed by atoms with van der Waals surface area (Å²) in [5.41, 5.74) is 2.71. The fraction of sp³-hybridized carbons (Fsp3) is 0.111. The van der Waals surface area contributed by atoms with Crippen molar-refractivity contribution in [3.63, 3.8) is 0 Å². The van der Waals surface area contributed by atoms with Crippen molar-refractivity contribution in [3.05, 3.63) is 57.9 Å². The highest BCUT2D eigenvalue weighted by molar-refractivity contribution is 7.16. The van der Waals surface area contributed by atoms with Crippen LogP contribution in [0.25, 0.3) is 10.2 Å². The molecule has 0 aliphatic carbocycles. The Labute approximate surface area is 148 Å². The van der Waals surface area contributed by atoms with Gasteiger partial charge >= 0.3 is 6.03 Å². The Morgan fingerprint density at radius 3 is 2.96 bits per heavy atom. The van der Waals surface area contributed by atoms with Crippen molar-refractivity contribution < 1.29 is 4.79 Å². The number of anilines is 1. The summed E-state index contributed by atoms with van der Waals surface area (Å²) in [5.74, 6) is 2.61. The van der Waals surface area contributed by atoms with Gasteiger partial charge in [-0.05, 0) is 42.8 Å². The second-order valence-electron chi connectivity index (χ2n) is 5.20. The number of rotatable bonds is 2. The highest BCUT2D eigenvalue weighted by atomic mass is 35.5. The molecule has 0 bridgehead atoms. The molecular weight excluding hydrogens is 342 g/mol. The Bertz CT molecular complexity index is 1030. The number of aromatic nitrogens is 1. The maximum absolute atomic E-state index is 12.2. The average Bonchev–Trinajstić information content (AvgIpc) is 2.84. The third kappa shape index (κ3) is 3.51. The van der Waals surface area contributed by atoms with Crippen LogP contribution in [-0.4, -0.2) is 10.6 Å². The number of halogens is 1. The summed E-state index contributed by atoms with van der Waals surface area (Å²) >= 11 is 7.35. The van der Waals surface area contributed by atoms with Crippen LogP contribution in [0, 0.1) is 19.3 Å². The molecule has 1 heterocycles. The van der Waals surface area contributed by atoms with Crippen molar-refractivity contribution in [1.82, 2.24) is 4.57 Å². The van der Waals surface area contributed by atoms with Crippen LogP contribution in [0.1, 0.15) is 5.56 Å². The Hall–Kier alpha value is -2.55. The van der Waals surface area contributed by atoms with E-state index in [0.29, 0.717) is 22.1 Å². The fourth-order valence-corrected chi connectivity index (χ4v) is 3.63. The Morgan fingerprint density at radius 1 is 1.38 bits per heavy atom. The molecule has 3 rings (SSSR count). The zero-order valence-electron chi connectivity index (χ0n) is 12.9. The molecule has 0 aliphatic heterocycles. The van der Waals surface area contributed by atoms with Crippen molar-refractivity contribution in [2.24, 2.45) is 4.99 Å². The topological polar surface area (TPSA) is 46.4 Å². The smallest absolute Gasteiger partial charge is 0.306 e. The molecule has 0 saturated heterocycles. The van der Waals surface area contributed by atoms with Crippen LogP contribution >= 0.6 is 22.9 Å². The van der Waals surface area contributed by atoms with E-state index in [1.165, 1.54) is 11.3 Å². The SMILES string of the molecule is C#CCn1/c(=N/C(=O)Nc2cccc(Cl)c2)sc2cc(C)ccc21. The number of hydrogen-bond acceptors (Lipinski definition) is 2. The van der Waals surface area contributed by atoms with Crippen molar-refractivity contribution in [2.75, 3.05) is 5.32 Å². The summed E-state index contributed by atoms with van der Waals surface area (Å²) < 4.78 is 2.90. The van der Waals surface area contributed by atoms with Gasteiger partial charge in [-0.15, -0.1) is 6.42 Å². The molecule has 0 atom stereocenters. The summed E-state index contributed by atoms with van der Waals surface area (Å²) in [6.07, 6.45) is 5.46. The largest absolute Gasteiger partial charge is 0.348 e. The van der Waals surface area contributed by atoms with E-state index in [1.807, 2.05) is 23.6 Å². The van der Waals surface area contributed by atoms with Crippen LogP contribution < -0.4 is 10.1 Å². The van der Waals surface area contributed by atoms with E-state index < -0.39 is 6.03 Å². The highest BCUT2D eigenvalue weighted by Crippen LogP contribution is 2.19. The molecule has 1 aromatic heterocycles. The normalized spacial score (nSPS) is 11.5. The quantitative estimate of drug-likeness (QED) is 0.679. The molecule has 120 valence electrons. The molecule has 2 aromatic carbocycles. The minimum atomic E-state index is -0.466. The molecule has 0 unspecified atom stereocenters. The van der Waals surface area contributed by atoms with Crippen molar-refractivity contribution in [2.45, 2.75) is 13.5 Å². The summed E-state index contributed by atoms with van der Waals surface area (Å²) in [6, 6.07) is 12.5. The molecule has 0 radical (unpaired) electrons. The van der Waals surface area contributed by atoms with Gasteiger partial charge in [0.25, 0.3) is 0 Å². The number of nitrogens with zero attached hydrogens (tertiary/aromatic N) is 2. The average molecular weight is 356 g/mol. The van der Waals surface area contributed by atoms with Crippen LogP contribution in [-0.2, 0) is 6.54 Å². The summed E-state index contributed by atoms with van der Waals surface area (Å²) in [4.78, 5) is 16.9. The fourth-order valence-electron chi connectivity index (χ4n) is 2.31. The van der Waals surface area contributed by atoms with Gasteiger partial charge in [0.05, 0.1) is 16.8 Å². The van der Waals surface area contributed by atoms with Crippen LogP contribution in [0.4, 0.5) is 10.5 Å². The maximum atomic E-state index is 12.2. The number of fused-ring (bicyclic) bond motifs is 1. The van der Waals surface area contributed by atoms with Crippen molar-refractivity contribution in [3.8, 4) is 12.3 Å². The minimum absolute atomic E-state index is 0.354. The number of carbonyl (C=O) groups is 1. The lowest BCUT2D eigenvalue weighted by Gasteiger charge is -2.02. The number of carbonyl (C=O) groups excluding carboxylic acids is 1. The number of aryl methyl sites for hydroxylation is 1. The zero-order valence-corrected chi connectivity index (χ0v) is 14.5. The first-order chi connectivity index (χ1) is 11.6. The second-order valence-corrected chi connectivity index (χ2v) is 6.64. The highest BCUT2D eigenvalue weighted by Gasteiger charge is 2.08. The first-order valence-electron chi connectivity index (χ1n) is 7.21. The van der Waals surface area contributed by atoms with E-state index in [4.69, 9.17) is 18.0 Å². The molecule has 4 nitrogen and oxygen atoms in total. The second kappa shape index (κ2) is 6.91. The molecule has 6 heteroatoms. The number of thiazole rings is 1. The van der Waals surface area contributed by atoms with Gasteiger partial charge in [-0.25, -0.2) is 4.79 Å². The van der Waals surface area contributed by atoms with Crippen LogP contribution in [0.15, 0.2) is 47.5 Å². The number of nitrogens with one attached hydrogen (secondary N) is 1. The maximum Gasteiger partial charge on any atom is 0.348 e. The van der Waals surface area contributed by atoms with E-state index in [2.05, 4.69) is 22.3 Å². The molecule has 2 amide bonds. The number of benzene rings is 2. The monoisotopic (exact) mass is 355 g/mol. The van der Waals surface area contributed by atoms with Crippen LogP contribution in [0.2, 0.25) is 5.02 Å². The molecule has 0 fully saturated rings. The number of hydrogen-bond donors (Lipinski definition) is 1. The van der Waals surface area contributed by atoms with E-state index in [1.54, 1.807) is 24.3 Å². The Morgan fingerprint density at radius 2 is 2.21 bits per heavy atom. The van der Waals surface area contributed by atoms with Crippen LogP contribution in [0.3, 0.4) is 0 Å². The molecular formula is C18H14ClN3OS. The van der Waals surface area contributed by atoms with E-state index in [9.17, 15) is 4.79 Å². The number of terminal acetylenes is 1. The van der Waals surface area contributed by atoms with Gasteiger partial charge in [-0.3, -0.25) is 0 Å². The van der Waals surface area contributed by atoms with Gasteiger partial charge < -0.3 is 9.88 Å². The van der Waals surface area contributed by atoms with E-state index >= 15 is 0 Å². The van der Waals surface area contributed by atoms with Gasteiger partial charge in [-0.2, -0.15) is 4.99 Å². The first-order valence-corrected chi connectivity index (χ1v) is 8.41. The molecule has 1 N–H and O–H groups in total. The molecule has 0 spiro atoms. The molecule has 3 aromatic rings. The first kappa shape index (κ1) is 16.3. The lowest BCUT2D eigenvalue weighted by atomic mass is 10.2. The third-order valence-corrected chi connectivity index (χ3v) is 4.64. The van der Waals surface area contributed by atoms with Crippen molar-refractivity contribution in [1.29, 1.82) is 0 Å². The summed E-state index contributed by atoms with van der Waals surface area (Å²) in [5, 5.41) is 3.26. The van der Waals surface area contributed by atoms with Gasteiger partial charge in [0, 0.05) is 10.7 Å². The summed E-state index contributed by atoms with van der Waals surface area (Å²) in [7, 11) is 0. The zero-order chi connectivity index (χ0) is 17.1. The Kier molecular flexibility index (Phi) is 4.70. The van der Waals surface area contributed by atoms with Crippen molar-refractivity contribution >= 4 is 44.9 Å². The lowest BCUT2D eigenvalue weighted by molar-refractivity contribution is 0.259. The van der Waals surface area contributed by atoms with E-state index in [0.717, 1.165) is 15.8 Å². The van der Waals surface area contributed by atoms with Gasteiger partial charge in [0.15, 0.2) is 4.80 Å².